The second-order valence-electron chi connectivity index (χ2n) is 8.43. The zero-order valence-electron chi connectivity index (χ0n) is 18.0. The summed E-state index contributed by atoms with van der Waals surface area (Å²) in [6, 6.07) is 12.1. The van der Waals surface area contributed by atoms with Crippen LogP contribution in [0.3, 0.4) is 0 Å². The first-order valence-electron chi connectivity index (χ1n) is 10.5. The summed E-state index contributed by atoms with van der Waals surface area (Å²) in [4.78, 5) is 14.9. The monoisotopic (exact) mass is 427 g/mol. The van der Waals surface area contributed by atoms with Crippen molar-refractivity contribution < 1.29 is 23.0 Å². The molecule has 0 saturated carbocycles. The number of allylic oxidation sites excluding steroid dienone is 1. The third-order valence-electron chi connectivity index (χ3n) is 6.72. The molecular formula is C25H27F2NO3. The average molecular weight is 427 g/mol. The minimum absolute atomic E-state index is 0.0669. The summed E-state index contributed by atoms with van der Waals surface area (Å²) < 4.78 is 37.6. The van der Waals surface area contributed by atoms with Crippen molar-refractivity contribution in [3.8, 4) is 5.75 Å². The maximum absolute atomic E-state index is 13.3. The van der Waals surface area contributed by atoms with Gasteiger partial charge in [-0.05, 0) is 62.7 Å². The fourth-order valence-electron chi connectivity index (χ4n) is 5.03. The standard InChI is InChI=1S/C25H27F2NO3/c1-16-14-17(8-9-21(16)30-3)25-11-10-18(15-22(25)28(2)13-12-25)31-24(29)20-7-5-4-6-19(20)23(26)27/h4-9,14-15,22-23H,10-13H2,1-3H3/t22-,25-/m0/s1. The molecule has 1 aliphatic carbocycles. The molecule has 31 heavy (non-hydrogen) atoms. The van der Waals surface area contributed by atoms with Crippen molar-refractivity contribution in [1.82, 2.24) is 4.90 Å². The van der Waals surface area contributed by atoms with E-state index in [4.69, 9.17) is 9.47 Å². The number of rotatable bonds is 5. The summed E-state index contributed by atoms with van der Waals surface area (Å²) in [7, 11) is 3.73. The van der Waals surface area contributed by atoms with Crippen molar-refractivity contribution in [2.24, 2.45) is 0 Å². The Morgan fingerprint density at radius 2 is 1.97 bits per heavy atom. The lowest BCUT2D eigenvalue weighted by Crippen LogP contribution is -2.42. The topological polar surface area (TPSA) is 38.8 Å². The van der Waals surface area contributed by atoms with Gasteiger partial charge in [0.25, 0.3) is 6.43 Å². The minimum atomic E-state index is -2.73. The second-order valence-corrected chi connectivity index (χ2v) is 8.43. The average Bonchev–Trinajstić information content (AvgIpc) is 3.11. The number of halogens is 2. The number of methoxy groups -OCH3 is 1. The molecule has 0 radical (unpaired) electrons. The van der Waals surface area contributed by atoms with Crippen molar-refractivity contribution in [3.63, 3.8) is 0 Å². The number of alkyl halides is 2. The highest BCUT2D eigenvalue weighted by molar-refractivity contribution is 5.91. The lowest BCUT2D eigenvalue weighted by molar-refractivity contribution is 0.0582. The van der Waals surface area contributed by atoms with Gasteiger partial charge in [0.1, 0.15) is 11.5 Å². The highest BCUT2D eigenvalue weighted by atomic mass is 19.3. The lowest BCUT2D eigenvalue weighted by Gasteiger charge is -2.40. The van der Waals surface area contributed by atoms with Crippen LogP contribution in [-0.2, 0) is 10.2 Å². The molecule has 6 heteroatoms. The zero-order chi connectivity index (χ0) is 22.2. The van der Waals surface area contributed by atoms with Crippen molar-refractivity contribution in [1.29, 1.82) is 0 Å². The van der Waals surface area contributed by atoms with E-state index in [2.05, 4.69) is 24.1 Å². The van der Waals surface area contributed by atoms with Crippen molar-refractivity contribution >= 4 is 5.97 Å². The normalized spacial score (nSPS) is 23.4. The number of benzene rings is 2. The summed E-state index contributed by atoms with van der Waals surface area (Å²) in [5.74, 6) is 0.686. The van der Waals surface area contributed by atoms with Crippen LogP contribution in [0.5, 0.6) is 5.75 Å². The van der Waals surface area contributed by atoms with Gasteiger partial charge in [-0.1, -0.05) is 30.3 Å². The van der Waals surface area contributed by atoms with Crippen molar-refractivity contribution in [2.75, 3.05) is 20.7 Å². The molecule has 2 aromatic carbocycles. The van der Waals surface area contributed by atoms with Gasteiger partial charge < -0.3 is 9.47 Å². The van der Waals surface area contributed by atoms with Crippen LogP contribution in [0.1, 0.15) is 52.7 Å². The number of hydrogen-bond donors (Lipinski definition) is 0. The molecule has 1 heterocycles. The Labute approximate surface area is 181 Å². The first-order chi connectivity index (χ1) is 14.9. The molecular weight excluding hydrogens is 400 g/mol. The Balaban J connectivity index is 1.61. The maximum atomic E-state index is 13.3. The van der Waals surface area contributed by atoms with Crippen LogP contribution < -0.4 is 4.74 Å². The SMILES string of the molecule is COc1ccc([C@@]23CCC(OC(=O)c4ccccc4C(F)F)=C[C@@H]2N(C)CC3)cc1C. The smallest absolute Gasteiger partial charge is 0.343 e. The van der Waals surface area contributed by atoms with Crippen LogP contribution in [0.25, 0.3) is 0 Å². The van der Waals surface area contributed by atoms with E-state index in [1.54, 1.807) is 13.2 Å². The van der Waals surface area contributed by atoms with Crippen LogP contribution in [-0.4, -0.2) is 37.6 Å². The minimum Gasteiger partial charge on any atom is -0.496 e. The predicted octanol–water partition coefficient (Wildman–Crippen LogP) is 5.42. The van der Waals surface area contributed by atoms with Gasteiger partial charge in [0.15, 0.2) is 0 Å². The highest BCUT2D eigenvalue weighted by Crippen LogP contribution is 2.48. The van der Waals surface area contributed by atoms with Crippen LogP contribution in [0.15, 0.2) is 54.3 Å². The van der Waals surface area contributed by atoms with Crippen molar-refractivity contribution in [3.05, 3.63) is 76.6 Å². The van der Waals surface area contributed by atoms with Crippen LogP contribution in [0.2, 0.25) is 0 Å². The fraction of sp³-hybridized carbons (Fsp3) is 0.400. The van der Waals surface area contributed by atoms with Crippen LogP contribution >= 0.6 is 0 Å². The summed E-state index contributed by atoms with van der Waals surface area (Å²) in [6.07, 6.45) is 1.68. The number of likely N-dealkylation sites (N-methyl/N-ethyl adjacent to an activating group) is 1. The first kappa shape index (κ1) is 21.5. The number of carbonyl (C=O) groups is 1. The van der Waals surface area contributed by atoms with Crippen LogP contribution in [0.4, 0.5) is 8.78 Å². The van der Waals surface area contributed by atoms with Gasteiger partial charge in [-0.3, -0.25) is 4.90 Å². The third kappa shape index (κ3) is 3.85. The van der Waals surface area contributed by atoms with Crippen molar-refractivity contribution in [2.45, 2.75) is 44.1 Å². The summed E-state index contributed by atoms with van der Waals surface area (Å²) in [6.45, 7) is 2.97. The molecule has 0 unspecified atom stereocenters. The molecule has 2 atom stereocenters. The van der Waals surface area contributed by atoms with Gasteiger partial charge >= 0.3 is 5.97 Å². The van der Waals surface area contributed by atoms with E-state index in [0.29, 0.717) is 12.2 Å². The van der Waals surface area contributed by atoms with E-state index in [9.17, 15) is 13.6 Å². The van der Waals surface area contributed by atoms with E-state index in [1.165, 1.54) is 23.8 Å². The Kier molecular flexibility index (Phi) is 5.84. The summed E-state index contributed by atoms with van der Waals surface area (Å²) in [5, 5.41) is 0. The molecule has 0 N–H and O–H groups in total. The number of carbonyl (C=O) groups excluding carboxylic acids is 1. The van der Waals surface area contributed by atoms with E-state index < -0.39 is 12.4 Å². The van der Waals surface area contributed by atoms with Gasteiger partial charge in [0, 0.05) is 23.4 Å². The Bertz CT molecular complexity index is 1020. The van der Waals surface area contributed by atoms with Gasteiger partial charge in [-0.15, -0.1) is 0 Å². The molecule has 2 aliphatic rings. The van der Waals surface area contributed by atoms with E-state index in [0.717, 1.165) is 30.7 Å². The highest BCUT2D eigenvalue weighted by Gasteiger charge is 2.48. The largest absolute Gasteiger partial charge is 0.496 e. The number of aryl methyl sites for hydroxylation is 1. The van der Waals surface area contributed by atoms with Gasteiger partial charge in [-0.2, -0.15) is 0 Å². The molecule has 164 valence electrons. The zero-order valence-corrected chi connectivity index (χ0v) is 18.0. The summed E-state index contributed by atoms with van der Waals surface area (Å²) in [5.41, 5.74) is 1.89. The van der Waals surface area contributed by atoms with Gasteiger partial charge in [0.2, 0.25) is 0 Å². The van der Waals surface area contributed by atoms with Gasteiger partial charge in [-0.25, -0.2) is 13.6 Å². The molecule has 1 aliphatic heterocycles. The van der Waals surface area contributed by atoms with E-state index in [1.807, 2.05) is 19.1 Å². The number of hydrogen-bond acceptors (Lipinski definition) is 4. The number of fused-ring (bicyclic) bond motifs is 1. The summed E-state index contributed by atoms with van der Waals surface area (Å²) >= 11 is 0. The number of likely N-dealkylation sites (tertiary alicyclic amines) is 1. The number of ether oxygens (including phenoxy) is 2. The van der Waals surface area contributed by atoms with Crippen LogP contribution in [0, 0.1) is 6.92 Å². The molecule has 4 rings (SSSR count). The molecule has 0 spiro atoms. The fourth-order valence-corrected chi connectivity index (χ4v) is 5.03. The predicted molar refractivity (Wildman–Crippen MR) is 115 cm³/mol. The molecule has 4 nitrogen and oxygen atoms in total. The second kappa shape index (κ2) is 8.42. The van der Waals surface area contributed by atoms with Gasteiger partial charge in [0.05, 0.1) is 12.7 Å². The molecule has 0 bridgehead atoms. The number of esters is 1. The molecule has 0 aromatic heterocycles. The Morgan fingerprint density at radius 1 is 1.19 bits per heavy atom. The molecule has 2 aromatic rings. The Morgan fingerprint density at radius 3 is 2.68 bits per heavy atom. The van der Waals surface area contributed by atoms with E-state index >= 15 is 0 Å². The molecule has 1 fully saturated rings. The molecule has 1 saturated heterocycles. The molecule has 0 amide bonds. The number of nitrogens with zero attached hydrogens (tertiary/aromatic N) is 1. The maximum Gasteiger partial charge on any atom is 0.343 e. The third-order valence-corrected chi connectivity index (χ3v) is 6.72. The Hall–Kier alpha value is -2.73. The first-order valence-corrected chi connectivity index (χ1v) is 10.5. The lowest BCUT2D eigenvalue weighted by atomic mass is 9.68. The van der Waals surface area contributed by atoms with E-state index in [-0.39, 0.29) is 22.6 Å². The quantitative estimate of drug-likeness (QED) is 0.598.